The van der Waals surface area contributed by atoms with E-state index in [9.17, 15) is 0 Å². The smallest absolute Gasteiger partial charge is 0.147 e. The quantitative estimate of drug-likeness (QED) is 0.854. The van der Waals surface area contributed by atoms with E-state index in [1.54, 1.807) is 0 Å². The third-order valence-electron chi connectivity index (χ3n) is 5.47. The van der Waals surface area contributed by atoms with E-state index in [0.29, 0.717) is 17.9 Å². The third kappa shape index (κ3) is 2.51. The van der Waals surface area contributed by atoms with Crippen LogP contribution in [0.5, 0.6) is 0 Å². The van der Waals surface area contributed by atoms with Crippen molar-refractivity contribution in [2.24, 2.45) is 11.8 Å². The van der Waals surface area contributed by atoms with Crippen LogP contribution in [0.25, 0.3) is 0 Å². The Morgan fingerprint density at radius 2 is 1.87 bits per heavy atom. The molecular weight excluding hydrogens is 284 g/mol. The first-order chi connectivity index (χ1) is 11.1. The minimum atomic E-state index is 0.518. The molecule has 4 heteroatoms. The third-order valence-corrected chi connectivity index (χ3v) is 5.47. The second kappa shape index (κ2) is 5.60. The summed E-state index contributed by atoms with van der Waals surface area (Å²) in [6, 6.07) is 9.35. The summed E-state index contributed by atoms with van der Waals surface area (Å²) in [6.07, 6.45) is 3.73. The molecule has 0 spiro atoms. The fourth-order valence-corrected chi connectivity index (χ4v) is 4.43. The van der Waals surface area contributed by atoms with Crippen LogP contribution < -0.4 is 4.90 Å². The predicted molar refractivity (Wildman–Crippen MR) is 92.5 cm³/mol. The average Bonchev–Trinajstić information content (AvgIpc) is 3.05. The van der Waals surface area contributed by atoms with Gasteiger partial charge >= 0.3 is 0 Å². The average molecular weight is 308 g/mol. The molecule has 0 bridgehead atoms. The van der Waals surface area contributed by atoms with E-state index in [1.165, 1.54) is 17.7 Å². The molecular formula is C19H24N4. The lowest BCUT2D eigenvalue weighted by Crippen LogP contribution is -2.30. The van der Waals surface area contributed by atoms with Crippen LogP contribution in [-0.2, 0) is 0 Å². The Balaban J connectivity index is 1.62. The summed E-state index contributed by atoms with van der Waals surface area (Å²) in [5.74, 6) is 2.42. The van der Waals surface area contributed by atoms with Crippen molar-refractivity contribution < 1.29 is 0 Å². The molecule has 3 heterocycles. The number of rotatable bonds is 2. The largest absolute Gasteiger partial charge is 0.355 e. The number of fused-ring (bicyclic) bond motifs is 1. The maximum Gasteiger partial charge on any atom is 0.147 e. The normalized spacial score (nSPS) is 27.4. The molecule has 3 atom stereocenters. The van der Waals surface area contributed by atoms with Crippen LogP contribution in [0.3, 0.4) is 0 Å². The lowest BCUT2D eigenvalue weighted by Gasteiger charge is -2.28. The van der Waals surface area contributed by atoms with Crippen molar-refractivity contribution in [2.75, 3.05) is 31.6 Å². The molecule has 0 saturated carbocycles. The summed E-state index contributed by atoms with van der Waals surface area (Å²) < 4.78 is 0. The first-order valence-corrected chi connectivity index (χ1v) is 8.43. The van der Waals surface area contributed by atoms with Gasteiger partial charge in [0.2, 0.25) is 0 Å². The number of nitrogens with zero attached hydrogens (tertiary/aromatic N) is 4. The highest BCUT2D eigenvalue weighted by atomic mass is 15.3. The molecule has 0 aliphatic carbocycles. The SMILES string of the molecule is Cc1cncc(N2C[C@@H]3CN(C)[C@@H](c4ccccc4C)[C@@H]3C2)n1. The Bertz CT molecular complexity index is 714. The number of benzene rings is 1. The van der Waals surface area contributed by atoms with Gasteiger partial charge in [-0.3, -0.25) is 9.88 Å². The summed E-state index contributed by atoms with van der Waals surface area (Å²) in [6.45, 7) is 7.58. The molecule has 120 valence electrons. The molecule has 4 rings (SSSR count). The Morgan fingerprint density at radius 3 is 2.65 bits per heavy atom. The Kier molecular flexibility index (Phi) is 3.57. The number of likely N-dealkylation sites (tertiary alicyclic amines) is 1. The molecule has 1 aromatic carbocycles. The molecule has 2 aliphatic heterocycles. The van der Waals surface area contributed by atoms with Gasteiger partial charge in [-0.25, -0.2) is 4.98 Å². The summed E-state index contributed by atoms with van der Waals surface area (Å²) in [5.41, 5.74) is 3.88. The van der Waals surface area contributed by atoms with Crippen molar-refractivity contribution in [3.05, 3.63) is 53.5 Å². The van der Waals surface area contributed by atoms with E-state index in [0.717, 1.165) is 24.6 Å². The van der Waals surface area contributed by atoms with Crippen LogP contribution in [0.2, 0.25) is 0 Å². The van der Waals surface area contributed by atoms with Crippen molar-refractivity contribution in [3.63, 3.8) is 0 Å². The van der Waals surface area contributed by atoms with Crippen LogP contribution in [-0.4, -0.2) is 41.5 Å². The highest BCUT2D eigenvalue weighted by Gasteiger charge is 2.46. The molecule has 2 aliphatic rings. The van der Waals surface area contributed by atoms with Crippen LogP contribution >= 0.6 is 0 Å². The zero-order valence-corrected chi connectivity index (χ0v) is 14.1. The van der Waals surface area contributed by atoms with Gasteiger partial charge in [-0.1, -0.05) is 24.3 Å². The minimum Gasteiger partial charge on any atom is -0.355 e. The van der Waals surface area contributed by atoms with Crippen LogP contribution in [0.1, 0.15) is 22.9 Å². The van der Waals surface area contributed by atoms with Gasteiger partial charge in [-0.15, -0.1) is 0 Å². The number of hydrogen-bond acceptors (Lipinski definition) is 4. The van der Waals surface area contributed by atoms with Gasteiger partial charge < -0.3 is 4.90 Å². The standard InChI is InChI=1S/C19H24N4/c1-13-6-4-5-7-16(13)19-17-12-23(11-15(17)10-22(19)3)18-9-20-8-14(2)21-18/h4-9,15,17,19H,10-12H2,1-3H3/t15-,17+,19-/m0/s1. The second-order valence-corrected chi connectivity index (χ2v) is 7.09. The van der Waals surface area contributed by atoms with Crippen molar-refractivity contribution in [1.29, 1.82) is 0 Å². The molecule has 0 unspecified atom stereocenters. The van der Waals surface area contributed by atoms with Crippen LogP contribution in [0.15, 0.2) is 36.7 Å². The van der Waals surface area contributed by atoms with E-state index in [1.807, 2.05) is 19.3 Å². The van der Waals surface area contributed by atoms with E-state index in [2.05, 4.69) is 58.0 Å². The minimum absolute atomic E-state index is 0.518. The molecule has 2 saturated heterocycles. The Hall–Kier alpha value is -1.94. The highest BCUT2D eigenvalue weighted by Crippen LogP contribution is 2.45. The first kappa shape index (κ1) is 14.6. The fraction of sp³-hybridized carbons (Fsp3) is 0.474. The lowest BCUT2D eigenvalue weighted by molar-refractivity contribution is 0.279. The molecule has 2 aromatic rings. The summed E-state index contributed by atoms with van der Waals surface area (Å²) in [4.78, 5) is 13.9. The first-order valence-electron chi connectivity index (χ1n) is 8.43. The lowest BCUT2D eigenvalue weighted by atomic mass is 9.88. The van der Waals surface area contributed by atoms with Crippen molar-refractivity contribution >= 4 is 5.82 Å². The molecule has 0 N–H and O–H groups in total. The number of aromatic nitrogens is 2. The van der Waals surface area contributed by atoms with E-state index in [4.69, 9.17) is 0 Å². The van der Waals surface area contributed by atoms with E-state index < -0.39 is 0 Å². The fourth-order valence-electron chi connectivity index (χ4n) is 4.43. The van der Waals surface area contributed by atoms with Crippen LogP contribution in [0, 0.1) is 25.7 Å². The summed E-state index contributed by atoms with van der Waals surface area (Å²) in [7, 11) is 2.27. The van der Waals surface area contributed by atoms with Gasteiger partial charge in [0.1, 0.15) is 5.82 Å². The Labute approximate surface area is 138 Å². The number of aryl methyl sites for hydroxylation is 2. The second-order valence-electron chi connectivity index (χ2n) is 7.09. The highest BCUT2D eigenvalue weighted by molar-refractivity contribution is 5.40. The van der Waals surface area contributed by atoms with Crippen LogP contribution in [0.4, 0.5) is 5.82 Å². The van der Waals surface area contributed by atoms with Gasteiger partial charge in [-0.05, 0) is 37.9 Å². The van der Waals surface area contributed by atoms with Crippen molar-refractivity contribution in [1.82, 2.24) is 14.9 Å². The molecule has 0 radical (unpaired) electrons. The van der Waals surface area contributed by atoms with Gasteiger partial charge in [0.25, 0.3) is 0 Å². The van der Waals surface area contributed by atoms with Gasteiger partial charge in [-0.2, -0.15) is 0 Å². The number of anilines is 1. The Morgan fingerprint density at radius 1 is 1.04 bits per heavy atom. The summed E-state index contributed by atoms with van der Waals surface area (Å²) in [5, 5.41) is 0. The summed E-state index contributed by atoms with van der Waals surface area (Å²) >= 11 is 0. The number of hydrogen-bond donors (Lipinski definition) is 0. The molecule has 0 amide bonds. The van der Waals surface area contributed by atoms with Crippen molar-refractivity contribution in [2.45, 2.75) is 19.9 Å². The van der Waals surface area contributed by atoms with E-state index >= 15 is 0 Å². The molecule has 1 aromatic heterocycles. The van der Waals surface area contributed by atoms with E-state index in [-0.39, 0.29) is 0 Å². The predicted octanol–water partition coefficient (Wildman–Crippen LogP) is 2.83. The van der Waals surface area contributed by atoms with Gasteiger partial charge in [0.15, 0.2) is 0 Å². The van der Waals surface area contributed by atoms with Crippen molar-refractivity contribution in [3.8, 4) is 0 Å². The van der Waals surface area contributed by atoms with Gasteiger partial charge in [0.05, 0.1) is 11.9 Å². The molecule has 23 heavy (non-hydrogen) atoms. The molecule has 2 fully saturated rings. The monoisotopic (exact) mass is 308 g/mol. The maximum atomic E-state index is 4.67. The van der Waals surface area contributed by atoms with Gasteiger partial charge in [0, 0.05) is 37.8 Å². The molecule has 4 nitrogen and oxygen atoms in total. The topological polar surface area (TPSA) is 32.3 Å². The maximum absolute atomic E-state index is 4.67. The zero-order valence-electron chi connectivity index (χ0n) is 14.1. The zero-order chi connectivity index (χ0) is 16.0.